The van der Waals surface area contributed by atoms with Gasteiger partial charge in [-0.25, -0.2) is 9.37 Å². The van der Waals surface area contributed by atoms with Gasteiger partial charge in [-0.3, -0.25) is 19.5 Å². The van der Waals surface area contributed by atoms with Crippen LogP contribution in [0.15, 0.2) is 60.1 Å². The molecule has 0 atom stereocenters. The smallest absolute Gasteiger partial charge is 0.244 e. The number of aromatic nitrogens is 2. The van der Waals surface area contributed by atoms with Gasteiger partial charge in [0.05, 0.1) is 23.6 Å². The predicted molar refractivity (Wildman–Crippen MR) is 106 cm³/mol. The number of benzene rings is 1. The molecule has 0 radical (unpaired) electrons. The first kappa shape index (κ1) is 19.4. The fourth-order valence-corrected chi connectivity index (χ4v) is 3.24. The minimum Gasteiger partial charge on any atom is -0.347 e. The zero-order valence-corrected chi connectivity index (χ0v) is 15.8. The molecule has 0 unspecified atom stereocenters. The van der Waals surface area contributed by atoms with E-state index < -0.39 is 5.82 Å². The van der Waals surface area contributed by atoms with E-state index in [-0.39, 0.29) is 17.5 Å². The number of hydrogen-bond acceptors (Lipinski definition) is 5. The minimum atomic E-state index is -0.515. The molecule has 1 N–H and O–H groups in total. The first-order chi connectivity index (χ1) is 13.5. The fourth-order valence-electron chi connectivity index (χ4n) is 2.40. The molecule has 8 heteroatoms. The summed E-state index contributed by atoms with van der Waals surface area (Å²) >= 11 is 1.19. The van der Waals surface area contributed by atoms with Gasteiger partial charge in [-0.1, -0.05) is 18.2 Å². The molecule has 28 heavy (non-hydrogen) atoms. The summed E-state index contributed by atoms with van der Waals surface area (Å²) in [5, 5.41) is 4.74. The molecule has 0 aliphatic heterocycles. The highest BCUT2D eigenvalue weighted by Gasteiger charge is 2.20. The molecule has 0 aliphatic rings. The van der Waals surface area contributed by atoms with E-state index in [0.717, 1.165) is 5.69 Å². The molecule has 0 spiro atoms. The normalized spacial score (nSPS) is 10.8. The summed E-state index contributed by atoms with van der Waals surface area (Å²) in [6, 6.07) is 11.5. The van der Waals surface area contributed by atoms with E-state index >= 15 is 0 Å². The van der Waals surface area contributed by atoms with Crippen molar-refractivity contribution >= 4 is 40.0 Å². The molecule has 0 bridgehead atoms. The second-order valence-electron chi connectivity index (χ2n) is 5.73. The van der Waals surface area contributed by atoms with Crippen LogP contribution in [0, 0.1) is 5.82 Å². The standard InChI is InChI=1S/C20H17FN4O2S/c1-14(26)25(18-8-3-2-7-17(18)21)20-24-16(13-28-20)9-10-19(27)23-12-15-6-4-5-11-22-15/h2-11,13H,12H2,1H3,(H,23,27)/b10-9+. The average Bonchev–Trinajstić information content (AvgIpc) is 3.15. The van der Waals surface area contributed by atoms with Gasteiger partial charge in [-0.2, -0.15) is 0 Å². The van der Waals surface area contributed by atoms with Crippen LogP contribution in [0.4, 0.5) is 15.2 Å². The van der Waals surface area contributed by atoms with Gasteiger partial charge in [0.1, 0.15) is 5.82 Å². The summed E-state index contributed by atoms with van der Waals surface area (Å²) < 4.78 is 14.1. The van der Waals surface area contributed by atoms with Crippen molar-refractivity contribution in [1.29, 1.82) is 0 Å². The molecule has 0 aliphatic carbocycles. The number of thiazole rings is 1. The predicted octanol–water partition coefficient (Wildman–Crippen LogP) is 3.69. The maximum Gasteiger partial charge on any atom is 0.244 e. The lowest BCUT2D eigenvalue weighted by atomic mass is 10.3. The molecule has 3 aromatic rings. The monoisotopic (exact) mass is 396 g/mol. The summed E-state index contributed by atoms with van der Waals surface area (Å²) in [6.07, 6.45) is 4.54. The van der Waals surface area contributed by atoms with Gasteiger partial charge >= 0.3 is 0 Å². The van der Waals surface area contributed by atoms with E-state index in [4.69, 9.17) is 0 Å². The Bertz CT molecular complexity index is 1000. The van der Waals surface area contributed by atoms with Crippen LogP contribution in [0.1, 0.15) is 18.3 Å². The van der Waals surface area contributed by atoms with Crippen molar-refractivity contribution in [2.45, 2.75) is 13.5 Å². The summed E-state index contributed by atoms with van der Waals surface area (Å²) in [5.41, 5.74) is 1.38. The molecule has 0 fully saturated rings. The summed E-state index contributed by atoms with van der Waals surface area (Å²) in [5.74, 6) is -1.17. The van der Waals surface area contributed by atoms with E-state index in [0.29, 0.717) is 17.4 Å². The van der Waals surface area contributed by atoms with E-state index in [9.17, 15) is 14.0 Å². The SMILES string of the molecule is CC(=O)N(c1nc(/C=C/C(=O)NCc2ccccn2)cs1)c1ccccc1F. The lowest BCUT2D eigenvalue weighted by Gasteiger charge is -2.18. The zero-order valence-electron chi connectivity index (χ0n) is 15.0. The Kier molecular flexibility index (Phi) is 6.23. The zero-order chi connectivity index (χ0) is 19.9. The van der Waals surface area contributed by atoms with E-state index in [1.807, 2.05) is 12.1 Å². The molecule has 0 saturated heterocycles. The molecule has 142 valence electrons. The number of nitrogens with zero attached hydrogens (tertiary/aromatic N) is 3. The number of nitrogens with one attached hydrogen (secondary N) is 1. The third-order valence-corrected chi connectivity index (χ3v) is 4.53. The van der Waals surface area contributed by atoms with Crippen molar-refractivity contribution < 1.29 is 14.0 Å². The highest BCUT2D eigenvalue weighted by Crippen LogP contribution is 2.30. The Labute approximate surface area is 165 Å². The number of rotatable bonds is 6. The van der Waals surface area contributed by atoms with E-state index in [1.54, 1.807) is 29.8 Å². The summed E-state index contributed by atoms with van der Waals surface area (Å²) in [6.45, 7) is 1.66. The van der Waals surface area contributed by atoms with E-state index in [2.05, 4.69) is 15.3 Å². The highest BCUT2D eigenvalue weighted by atomic mass is 32.1. The van der Waals surface area contributed by atoms with Gasteiger partial charge in [0.25, 0.3) is 0 Å². The Morgan fingerprint density at radius 3 is 2.71 bits per heavy atom. The van der Waals surface area contributed by atoms with Gasteiger partial charge in [-0.15, -0.1) is 11.3 Å². The Morgan fingerprint density at radius 1 is 1.21 bits per heavy atom. The van der Waals surface area contributed by atoms with Gasteiger partial charge in [0, 0.05) is 24.6 Å². The average molecular weight is 396 g/mol. The van der Waals surface area contributed by atoms with Crippen LogP contribution in [-0.4, -0.2) is 21.8 Å². The molecule has 0 saturated carbocycles. The number of para-hydroxylation sites is 1. The first-order valence-corrected chi connectivity index (χ1v) is 9.29. The molecular weight excluding hydrogens is 379 g/mol. The van der Waals surface area contributed by atoms with Gasteiger partial charge in [-0.05, 0) is 30.3 Å². The largest absolute Gasteiger partial charge is 0.347 e. The number of halogens is 1. The molecule has 2 heterocycles. The Morgan fingerprint density at radius 2 is 2.00 bits per heavy atom. The molecule has 2 amide bonds. The Balaban J connectivity index is 1.68. The van der Waals surface area contributed by atoms with Crippen molar-refractivity contribution in [1.82, 2.24) is 15.3 Å². The third-order valence-electron chi connectivity index (χ3n) is 3.68. The quantitative estimate of drug-likeness (QED) is 0.645. The van der Waals surface area contributed by atoms with Crippen LogP contribution < -0.4 is 10.2 Å². The van der Waals surface area contributed by atoms with Crippen molar-refractivity contribution in [2.75, 3.05) is 4.90 Å². The Hall–Kier alpha value is -3.39. The summed E-state index contributed by atoms with van der Waals surface area (Å²) in [4.78, 5) is 33.6. The van der Waals surface area contributed by atoms with Crippen molar-refractivity contribution in [3.8, 4) is 0 Å². The lowest BCUT2D eigenvalue weighted by Crippen LogP contribution is -2.23. The highest BCUT2D eigenvalue weighted by molar-refractivity contribution is 7.14. The molecule has 1 aromatic carbocycles. The van der Waals surface area contributed by atoms with Crippen LogP contribution in [0.5, 0.6) is 0 Å². The molecule has 2 aromatic heterocycles. The summed E-state index contributed by atoms with van der Waals surface area (Å²) in [7, 11) is 0. The lowest BCUT2D eigenvalue weighted by molar-refractivity contribution is -0.117. The molecule has 6 nitrogen and oxygen atoms in total. The number of anilines is 2. The van der Waals surface area contributed by atoms with Crippen molar-refractivity contribution in [2.24, 2.45) is 0 Å². The number of pyridine rings is 1. The van der Waals surface area contributed by atoms with Gasteiger partial charge < -0.3 is 5.32 Å². The number of amides is 2. The van der Waals surface area contributed by atoms with Crippen LogP contribution >= 0.6 is 11.3 Å². The van der Waals surface area contributed by atoms with Crippen molar-refractivity contribution in [3.63, 3.8) is 0 Å². The number of hydrogen-bond donors (Lipinski definition) is 1. The van der Waals surface area contributed by atoms with Crippen LogP contribution in [-0.2, 0) is 16.1 Å². The second kappa shape index (κ2) is 9.01. The van der Waals surface area contributed by atoms with Crippen LogP contribution in [0.3, 0.4) is 0 Å². The molecule has 3 rings (SSSR count). The maximum atomic E-state index is 14.1. The van der Waals surface area contributed by atoms with Gasteiger partial charge in [0.2, 0.25) is 11.8 Å². The topological polar surface area (TPSA) is 75.2 Å². The number of carbonyl (C=O) groups excluding carboxylic acids is 2. The minimum absolute atomic E-state index is 0.132. The molecular formula is C20H17FN4O2S. The van der Waals surface area contributed by atoms with E-state index in [1.165, 1.54) is 47.4 Å². The van der Waals surface area contributed by atoms with Crippen molar-refractivity contribution in [3.05, 3.63) is 77.3 Å². The number of carbonyl (C=O) groups is 2. The van der Waals surface area contributed by atoms with Gasteiger partial charge in [0.15, 0.2) is 5.13 Å². The van der Waals surface area contributed by atoms with Crippen LogP contribution in [0.2, 0.25) is 0 Å². The van der Waals surface area contributed by atoms with Crippen LogP contribution in [0.25, 0.3) is 6.08 Å². The maximum absolute atomic E-state index is 14.1. The third kappa shape index (κ3) is 4.86. The first-order valence-electron chi connectivity index (χ1n) is 8.41. The second-order valence-corrected chi connectivity index (χ2v) is 6.57. The fraction of sp³-hybridized carbons (Fsp3) is 0.100.